The zero-order chi connectivity index (χ0) is 12.3. The van der Waals surface area contributed by atoms with Crippen LogP contribution in [-0.2, 0) is 0 Å². The van der Waals surface area contributed by atoms with Gasteiger partial charge in [-0.05, 0) is 52.6 Å². The Kier molecular flexibility index (Phi) is 4.83. The van der Waals surface area contributed by atoms with E-state index < -0.39 is 0 Å². The highest BCUT2D eigenvalue weighted by Gasteiger charge is 2.25. The van der Waals surface area contributed by atoms with E-state index in [-0.39, 0.29) is 0 Å². The van der Waals surface area contributed by atoms with Gasteiger partial charge in [0.15, 0.2) is 0 Å². The van der Waals surface area contributed by atoms with Gasteiger partial charge in [-0.3, -0.25) is 4.90 Å². The van der Waals surface area contributed by atoms with Gasteiger partial charge in [0.25, 0.3) is 0 Å². The number of nitrogens with two attached hydrogens (primary N) is 1. The van der Waals surface area contributed by atoms with Crippen LogP contribution in [0.5, 0.6) is 0 Å². The molecule has 0 amide bonds. The summed E-state index contributed by atoms with van der Waals surface area (Å²) in [7, 11) is 0. The van der Waals surface area contributed by atoms with Crippen LogP contribution in [0.4, 0.5) is 0 Å². The highest BCUT2D eigenvalue weighted by atomic mass is 15.2. The summed E-state index contributed by atoms with van der Waals surface area (Å²) in [6.45, 7) is 9.68. The lowest BCUT2D eigenvalue weighted by atomic mass is 9.97. The molecular weight excluding hydrogens is 210 g/mol. The second kappa shape index (κ2) is 6.17. The first-order valence-corrected chi connectivity index (χ1v) is 7.40. The number of hydrogen-bond donors (Lipinski definition) is 1. The van der Waals surface area contributed by atoms with Crippen molar-refractivity contribution < 1.29 is 0 Å². The number of rotatable bonds is 3. The van der Waals surface area contributed by atoms with Gasteiger partial charge in [-0.1, -0.05) is 6.42 Å². The Balaban J connectivity index is 1.73. The fourth-order valence-corrected chi connectivity index (χ4v) is 3.35. The van der Waals surface area contributed by atoms with Gasteiger partial charge in [0.2, 0.25) is 0 Å². The van der Waals surface area contributed by atoms with E-state index in [1.54, 1.807) is 0 Å². The van der Waals surface area contributed by atoms with Crippen molar-refractivity contribution in [2.45, 2.75) is 64.1 Å². The van der Waals surface area contributed by atoms with Gasteiger partial charge in [-0.15, -0.1) is 0 Å². The molecular formula is C14H29N3. The minimum Gasteiger partial charge on any atom is -0.328 e. The Morgan fingerprint density at radius 2 is 1.53 bits per heavy atom. The zero-order valence-electron chi connectivity index (χ0n) is 11.6. The molecule has 2 atom stereocenters. The van der Waals surface area contributed by atoms with Gasteiger partial charge in [0.05, 0.1) is 0 Å². The molecule has 0 aromatic rings. The van der Waals surface area contributed by atoms with Crippen LogP contribution >= 0.6 is 0 Å². The van der Waals surface area contributed by atoms with Crippen molar-refractivity contribution in [3.05, 3.63) is 0 Å². The molecule has 17 heavy (non-hydrogen) atoms. The maximum absolute atomic E-state index is 5.94. The quantitative estimate of drug-likeness (QED) is 0.813. The first kappa shape index (κ1) is 13.3. The van der Waals surface area contributed by atoms with Crippen molar-refractivity contribution in [2.75, 3.05) is 26.2 Å². The van der Waals surface area contributed by atoms with Crippen molar-refractivity contribution in [1.29, 1.82) is 0 Å². The van der Waals surface area contributed by atoms with Gasteiger partial charge in [-0.25, -0.2) is 0 Å². The summed E-state index contributed by atoms with van der Waals surface area (Å²) in [5.41, 5.74) is 5.94. The van der Waals surface area contributed by atoms with E-state index in [1.807, 2.05) is 0 Å². The van der Waals surface area contributed by atoms with Crippen LogP contribution in [0, 0.1) is 0 Å². The van der Waals surface area contributed by atoms with Gasteiger partial charge in [-0.2, -0.15) is 0 Å². The first-order chi connectivity index (χ1) is 8.16. The molecule has 2 rings (SSSR count). The number of likely N-dealkylation sites (tertiary alicyclic amines) is 2. The third-order valence-corrected chi connectivity index (χ3v) is 4.68. The second-order valence-corrected chi connectivity index (χ2v) is 6.05. The van der Waals surface area contributed by atoms with Crippen LogP contribution in [0.3, 0.4) is 0 Å². The molecule has 2 saturated heterocycles. The molecule has 0 bridgehead atoms. The molecule has 0 radical (unpaired) electrons. The van der Waals surface area contributed by atoms with Crippen LogP contribution in [0.2, 0.25) is 0 Å². The molecule has 2 aliphatic heterocycles. The molecule has 0 aromatic carbocycles. The molecule has 2 heterocycles. The largest absolute Gasteiger partial charge is 0.328 e. The maximum atomic E-state index is 5.94. The van der Waals surface area contributed by atoms with Crippen LogP contribution in [0.1, 0.15) is 46.0 Å². The molecule has 2 aliphatic rings. The van der Waals surface area contributed by atoms with E-state index in [4.69, 9.17) is 5.73 Å². The molecule has 100 valence electrons. The van der Waals surface area contributed by atoms with Crippen molar-refractivity contribution in [3.8, 4) is 0 Å². The van der Waals surface area contributed by atoms with Gasteiger partial charge in [0.1, 0.15) is 0 Å². The van der Waals surface area contributed by atoms with Crippen LogP contribution in [0.15, 0.2) is 0 Å². The smallest absolute Gasteiger partial charge is 0.0115 e. The fourth-order valence-electron chi connectivity index (χ4n) is 3.35. The summed E-state index contributed by atoms with van der Waals surface area (Å²) in [5.74, 6) is 0. The van der Waals surface area contributed by atoms with E-state index in [1.165, 1.54) is 58.3 Å². The van der Waals surface area contributed by atoms with Gasteiger partial charge < -0.3 is 10.6 Å². The molecule has 0 spiro atoms. The average molecular weight is 239 g/mol. The Morgan fingerprint density at radius 1 is 0.941 bits per heavy atom. The van der Waals surface area contributed by atoms with Crippen molar-refractivity contribution in [2.24, 2.45) is 5.73 Å². The van der Waals surface area contributed by atoms with E-state index in [2.05, 4.69) is 23.6 Å². The number of piperidine rings is 2. The van der Waals surface area contributed by atoms with E-state index in [9.17, 15) is 0 Å². The van der Waals surface area contributed by atoms with E-state index in [0.29, 0.717) is 6.04 Å². The summed E-state index contributed by atoms with van der Waals surface area (Å²) in [6, 6.07) is 2.02. The van der Waals surface area contributed by atoms with Gasteiger partial charge in [0, 0.05) is 31.2 Å². The average Bonchev–Trinajstić information content (AvgIpc) is 2.31. The Labute approximate surface area is 106 Å². The van der Waals surface area contributed by atoms with Crippen molar-refractivity contribution in [3.63, 3.8) is 0 Å². The normalized spacial score (nSPS) is 34.1. The molecule has 2 N–H and O–H groups in total. The van der Waals surface area contributed by atoms with Crippen LogP contribution < -0.4 is 5.73 Å². The molecule has 0 aliphatic carbocycles. The monoisotopic (exact) mass is 239 g/mol. The number of hydrogen-bond acceptors (Lipinski definition) is 3. The lowest BCUT2D eigenvalue weighted by Crippen LogP contribution is -2.49. The SMILES string of the molecule is C[C@@H]1CCC[C@H](C)N1CCN1CCC(N)CC1. The highest BCUT2D eigenvalue weighted by molar-refractivity contribution is 4.81. The zero-order valence-corrected chi connectivity index (χ0v) is 11.6. The fraction of sp³-hybridized carbons (Fsp3) is 1.00. The standard InChI is InChI=1S/C14H29N3/c1-12-4-3-5-13(2)17(12)11-10-16-8-6-14(15)7-9-16/h12-14H,3-11,15H2,1-2H3/t12-,13+. The molecule has 3 nitrogen and oxygen atoms in total. The topological polar surface area (TPSA) is 32.5 Å². The third kappa shape index (κ3) is 3.67. The Morgan fingerprint density at radius 3 is 2.12 bits per heavy atom. The predicted molar refractivity (Wildman–Crippen MR) is 73.1 cm³/mol. The maximum Gasteiger partial charge on any atom is 0.0115 e. The lowest BCUT2D eigenvalue weighted by molar-refractivity contribution is 0.0823. The summed E-state index contributed by atoms with van der Waals surface area (Å²) >= 11 is 0. The van der Waals surface area contributed by atoms with Crippen molar-refractivity contribution in [1.82, 2.24) is 9.80 Å². The van der Waals surface area contributed by atoms with Gasteiger partial charge >= 0.3 is 0 Å². The van der Waals surface area contributed by atoms with Crippen LogP contribution in [-0.4, -0.2) is 54.1 Å². The van der Waals surface area contributed by atoms with Crippen LogP contribution in [0.25, 0.3) is 0 Å². The van der Waals surface area contributed by atoms with E-state index in [0.717, 1.165) is 12.1 Å². The summed E-state index contributed by atoms with van der Waals surface area (Å²) < 4.78 is 0. The van der Waals surface area contributed by atoms with Crippen molar-refractivity contribution >= 4 is 0 Å². The highest BCUT2D eigenvalue weighted by Crippen LogP contribution is 2.22. The Bertz CT molecular complexity index is 214. The number of nitrogens with zero attached hydrogens (tertiary/aromatic N) is 2. The molecule has 0 unspecified atom stereocenters. The molecule has 2 fully saturated rings. The minimum absolute atomic E-state index is 0.457. The summed E-state index contributed by atoms with van der Waals surface area (Å²) in [6.07, 6.45) is 6.55. The lowest BCUT2D eigenvalue weighted by Gasteiger charge is -2.40. The first-order valence-electron chi connectivity index (χ1n) is 7.40. The van der Waals surface area contributed by atoms with E-state index >= 15 is 0 Å². The molecule has 0 aromatic heterocycles. The summed E-state index contributed by atoms with van der Waals surface area (Å²) in [4.78, 5) is 5.30. The molecule has 3 heteroatoms. The third-order valence-electron chi connectivity index (χ3n) is 4.68. The predicted octanol–water partition coefficient (Wildman–Crippen LogP) is 1.67. The minimum atomic E-state index is 0.457. The summed E-state index contributed by atoms with van der Waals surface area (Å²) in [5, 5.41) is 0. The Hall–Kier alpha value is -0.120. The second-order valence-electron chi connectivity index (χ2n) is 6.05. The molecule has 0 saturated carbocycles.